The van der Waals surface area contributed by atoms with Gasteiger partial charge in [-0.15, -0.1) is 0 Å². The van der Waals surface area contributed by atoms with Gasteiger partial charge in [0.2, 0.25) is 0 Å². The zero-order valence-electron chi connectivity index (χ0n) is 10.5. The lowest BCUT2D eigenvalue weighted by atomic mass is 10.2. The number of aromatic nitrogens is 2. The number of nitrogens with two attached hydrogens (primary N) is 1. The van der Waals surface area contributed by atoms with Gasteiger partial charge in [-0.05, 0) is 6.42 Å². The van der Waals surface area contributed by atoms with E-state index in [1.807, 2.05) is 11.9 Å². The first kappa shape index (κ1) is 13.4. The first-order chi connectivity index (χ1) is 8.15. The van der Waals surface area contributed by atoms with Crippen LogP contribution in [0.15, 0.2) is 12.4 Å². The normalized spacial score (nSPS) is 10.2. The molecule has 5 nitrogen and oxygen atoms in total. The van der Waals surface area contributed by atoms with Crippen LogP contribution in [0.2, 0.25) is 0 Å². The summed E-state index contributed by atoms with van der Waals surface area (Å²) in [6, 6.07) is 0. The minimum atomic E-state index is -0.547. The topological polar surface area (TPSA) is 72.1 Å². The fraction of sp³-hybridized carbons (Fsp3) is 0.583. The Morgan fingerprint density at radius 3 is 2.59 bits per heavy atom. The molecule has 5 heteroatoms. The Bertz CT molecular complexity index is 350. The molecule has 94 valence electrons. The maximum absolute atomic E-state index is 10.8. The number of amides is 1. The molecule has 0 aliphatic rings. The van der Waals surface area contributed by atoms with Crippen molar-refractivity contribution in [3.05, 3.63) is 18.1 Å². The fourth-order valence-electron chi connectivity index (χ4n) is 1.54. The van der Waals surface area contributed by atoms with Crippen molar-refractivity contribution in [1.82, 2.24) is 9.97 Å². The zero-order valence-corrected chi connectivity index (χ0v) is 10.5. The van der Waals surface area contributed by atoms with Gasteiger partial charge >= 0.3 is 0 Å². The SMILES string of the molecule is CCCCCCN(C)c1cnc(C(N)=O)cn1. The highest BCUT2D eigenvalue weighted by atomic mass is 16.1. The molecule has 0 aliphatic carbocycles. The van der Waals surface area contributed by atoms with Gasteiger partial charge in [0.15, 0.2) is 0 Å². The van der Waals surface area contributed by atoms with E-state index < -0.39 is 5.91 Å². The summed E-state index contributed by atoms with van der Waals surface area (Å²) in [6.07, 6.45) is 7.87. The minimum Gasteiger partial charge on any atom is -0.364 e. The molecule has 0 saturated heterocycles. The number of primary amides is 1. The molecule has 1 heterocycles. The highest BCUT2D eigenvalue weighted by Gasteiger charge is 2.05. The number of hydrogen-bond acceptors (Lipinski definition) is 4. The van der Waals surface area contributed by atoms with E-state index in [1.54, 1.807) is 6.20 Å². The van der Waals surface area contributed by atoms with Crippen molar-refractivity contribution in [1.29, 1.82) is 0 Å². The second kappa shape index (κ2) is 6.83. The molecule has 0 radical (unpaired) electrons. The van der Waals surface area contributed by atoms with Gasteiger partial charge in [0.05, 0.1) is 12.4 Å². The van der Waals surface area contributed by atoms with Crippen molar-refractivity contribution in [3.8, 4) is 0 Å². The Morgan fingerprint density at radius 1 is 1.29 bits per heavy atom. The van der Waals surface area contributed by atoms with Crippen LogP contribution in [0.5, 0.6) is 0 Å². The zero-order chi connectivity index (χ0) is 12.7. The minimum absolute atomic E-state index is 0.202. The summed E-state index contributed by atoms with van der Waals surface area (Å²) in [5.41, 5.74) is 5.30. The van der Waals surface area contributed by atoms with E-state index in [-0.39, 0.29) is 5.69 Å². The van der Waals surface area contributed by atoms with E-state index in [0.717, 1.165) is 18.8 Å². The van der Waals surface area contributed by atoms with E-state index in [1.165, 1.54) is 25.5 Å². The standard InChI is InChI=1S/C12H20N4O/c1-3-4-5-6-7-16(2)11-9-14-10(8-15-11)12(13)17/h8-9H,3-7H2,1-2H3,(H2,13,17). The maximum Gasteiger partial charge on any atom is 0.268 e. The van der Waals surface area contributed by atoms with Crippen LogP contribution in [0.25, 0.3) is 0 Å². The maximum atomic E-state index is 10.8. The number of anilines is 1. The summed E-state index contributed by atoms with van der Waals surface area (Å²) in [5.74, 6) is 0.223. The summed E-state index contributed by atoms with van der Waals surface area (Å²) in [5, 5.41) is 0. The molecule has 0 fully saturated rings. The molecule has 0 aliphatic heterocycles. The molecule has 0 unspecified atom stereocenters. The summed E-state index contributed by atoms with van der Waals surface area (Å²) in [4.78, 5) is 21.0. The van der Waals surface area contributed by atoms with Crippen LogP contribution in [-0.2, 0) is 0 Å². The largest absolute Gasteiger partial charge is 0.364 e. The highest BCUT2D eigenvalue weighted by Crippen LogP contribution is 2.08. The van der Waals surface area contributed by atoms with Gasteiger partial charge < -0.3 is 10.6 Å². The van der Waals surface area contributed by atoms with Gasteiger partial charge in [-0.1, -0.05) is 26.2 Å². The van der Waals surface area contributed by atoms with Crippen molar-refractivity contribution >= 4 is 11.7 Å². The van der Waals surface area contributed by atoms with Gasteiger partial charge in [-0.3, -0.25) is 4.79 Å². The molecule has 17 heavy (non-hydrogen) atoms. The number of carbonyl (C=O) groups is 1. The summed E-state index contributed by atoms with van der Waals surface area (Å²) in [7, 11) is 1.97. The Kier molecular flexibility index (Phi) is 5.39. The van der Waals surface area contributed by atoms with Crippen molar-refractivity contribution in [2.45, 2.75) is 32.6 Å². The second-order valence-electron chi connectivity index (χ2n) is 4.11. The molecule has 0 atom stereocenters. The summed E-state index contributed by atoms with van der Waals surface area (Å²) < 4.78 is 0. The van der Waals surface area contributed by atoms with Crippen molar-refractivity contribution in [2.24, 2.45) is 5.73 Å². The van der Waals surface area contributed by atoms with Crippen LogP contribution in [-0.4, -0.2) is 29.5 Å². The lowest BCUT2D eigenvalue weighted by molar-refractivity contribution is 0.0995. The first-order valence-corrected chi connectivity index (χ1v) is 5.98. The van der Waals surface area contributed by atoms with Crippen molar-refractivity contribution in [3.63, 3.8) is 0 Å². The molecule has 0 spiro atoms. The quantitative estimate of drug-likeness (QED) is 0.730. The van der Waals surface area contributed by atoms with Gasteiger partial charge in [-0.25, -0.2) is 9.97 Å². The number of hydrogen-bond donors (Lipinski definition) is 1. The lowest BCUT2D eigenvalue weighted by Gasteiger charge is -2.17. The summed E-state index contributed by atoms with van der Waals surface area (Å²) >= 11 is 0. The average Bonchev–Trinajstić information content (AvgIpc) is 2.34. The van der Waals surface area contributed by atoms with Crippen LogP contribution in [0.3, 0.4) is 0 Å². The van der Waals surface area contributed by atoms with Crippen molar-refractivity contribution < 1.29 is 4.79 Å². The molecule has 1 amide bonds. The molecule has 1 aromatic rings. The number of unbranched alkanes of at least 4 members (excludes halogenated alkanes) is 3. The van der Waals surface area contributed by atoms with Crippen LogP contribution in [0.4, 0.5) is 5.82 Å². The third-order valence-electron chi connectivity index (χ3n) is 2.63. The summed E-state index contributed by atoms with van der Waals surface area (Å²) in [6.45, 7) is 3.14. The predicted octanol–water partition coefficient (Wildman–Crippen LogP) is 1.59. The number of rotatable bonds is 7. The number of nitrogens with zero attached hydrogens (tertiary/aromatic N) is 3. The van der Waals surface area contributed by atoms with E-state index in [2.05, 4.69) is 16.9 Å². The molecule has 0 bridgehead atoms. The third kappa shape index (κ3) is 4.38. The molecule has 2 N–H and O–H groups in total. The monoisotopic (exact) mass is 236 g/mol. The molecular weight excluding hydrogens is 216 g/mol. The number of carbonyl (C=O) groups excluding carboxylic acids is 1. The van der Waals surface area contributed by atoms with Gasteiger partial charge in [0.1, 0.15) is 11.5 Å². The molecule has 0 saturated carbocycles. The Hall–Kier alpha value is -1.65. The molecule has 1 rings (SSSR count). The smallest absolute Gasteiger partial charge is 0.268 e. The van der Waals surface area contributed by atoms with E-state index >= 15 is 0 Å². The van der Waals surface area contributed by atoms with Gasteiger partial charge in [-0.2, -0.15) is 0 Å². The van der Waals surface area contributed by atoms with Crippen LogP contribution in [0, 0.1) is 0 Å². The molecular formula is C12H20N4O. The first-order valence-electron chi connectivity index (χ1n) is 5.98. The second-order valence-corrected chi connectivity index (χ2v) is 4.11. The molecule has 1 aromatic heterocycles. The average molecular weight is 236 g/mol. The Morgan fingerprint density at radius 2 is 2.06 bits per heavy atom. The highest BCUT2D eigenvalue weighted by molar-refractivity contribution is 5.90. The third-order valence-corrected chi connectivity index (χ3v) is 2.63. The molecule has 0 aromatic carbocycles. The van der Waals surface area contributed by atoms with Crippen LogP contribution in [0.1, 0.15) is 43.1 Å². The van der Waals surface area contributed by atoms with Gasteiger partial charge in [0.25, 0.3) is 5.91 Å². The van der Waals surface area contributed by atoms with E-state index in [0.29, 0.717) is 0 Å². The Balaban J connectivity index is 2.46. The predicted molar refractivity (Wildman–Crippen MR) is 68.0 cm³/mol. The van der Waals surface area contributed by atoms with Crippen LogP contribution < -0.4 is 10.6 Å². The van der Waals surface area contributed by atoms with E-state index in [9.17, 15) is 4.79 Å². The van der Waals surface area contributed by atoms with Crippen molar-refractivity contribution in [2.75, 3.05) is 18.5 Å². The van der Waals surface area contributed by atoms with Crippen LogP contribution >= 0.6 is 0 Å². The fourth-order valence-corrected chi connectivity index (χ4v) is 1.54. The Labute approximate surface area is 102 Å². The lowest BCUT2D eigenvalue weighted by Crippen LogP contribution is -2.21. The van der Waals surface area contributed by atoms with E-state index in [4.69, 9.17) is 5.73 Å². The van der Waals surface area contributed by atoms with Gasteiger partial charge in [0, 0.05) is 13.6 Å².